The number of carbonyl (C=O) groups is 1. The molecule has 0 radical (unpaired) electrons. The normalized spacial score (nSPS) is 50.7. The number of hydrogen-bond donors (Lipinski definition) is 0. The van der Waals surface area contributed by atoms with E-state index in [1.807, 2.05) is 0 Å². The summed E-state index contributed by atoms with van der Waals surface area (Å²) in [5.41, 5.74) is 0. The molecule has 4 rings (SSSR count). The summed E-state index contributed by atoms with van der Waals surface area (Å²) in [5, 5.41) is 0. The van der Waals surface area contributed by atoms with Gasteiger partial charge in [-0.15, -0.1) is 0 Å². The average Bonchev–Trinajstić information content (AvgIpc) is 3.00. The molecule has 2 nitrogen and oxygen atoms in total. The van der Waals surface area contributed by atoms with Crippen LogP contribution in [-0.4, -0.2) is 12.1 Å². The summed E-state index contributed by atoms with van der Waals surface area (Å²) in [6.45, 7) is 1.56. The van der Waals surface area contributed by atoms with Crippen molar-refractivity contribution < 1.29 is 9.53 Å². The van der Waals surface area contributed by atoms with Gasteiger partial charge in [-0.1, -0.05) is 18.6 Å². The third kappa shape index (κ3) is 1.71. The zero-order valence-corrected chi connectivity index (χ0v) is 11.8. The van der Waals surface area contributed by atoms with E-state index in [1.165, 1.54) is 32.1 Å². The molecule has 2 heteroatoms. The fraction of sp³-hybridized carbons (Fsp3) is 0.824. The first-order chi connectivity index (χ1) is 9.25. The molecule has 0 heterocycles. The summed E-state index contributed by atoms with van der Waals surface area (Å²) >= 11 is 0. The molecule has 2 bridgehead atoms. The third-order valence-electron chi connectivity index (χ3n) is 6.50. The van der Waals surface area contributed by atoms with Crippen LogP contribution in [0.1, 0.15) is 45.4 Å². The minimum Gasteiger partial charge on any atom is -0.462 e. The van der Waals surface area contributed by atoms with E-state index in [0.29, 0.717) is 5.92 Å². The maximum absolute atomic E-state index is 11.4. The van der Waals surface area contributed by atoms with Crippen LogP contribution < -0.4 is 0 Å². The summed E-state index contributed by atoms with van der Waals surface area (Å²) < 4.78 is 5.70. The van der Waals surface area contributed by atoms with Crippen LogP contribution in [-0.2, 0) is 9.53 Å². The zero-order chi connectivity index (χ0) is 13.0. The lowest BCUT2D eigenvalue weighted by molar-refractivity contribution is -0.152. The second-order valence-corrected chi connectivity index (χ2v) is 7.15. The van der Waals surface area contributed by atoms with Gasteiger partial charge in [-0.3, -0.25) is 4.79 Å². The second-order valence-electron chi connectivity index (χ2n) is 7.15. The van der Waals surface area contributed by atoms with Gasteiger partial charge >= 0.3 is 5.97 Å². The predicted molar refractivity (Wildman–Crippen MR) is 73.3 cm³/mol. The first kappa shape index (κ1) is 12.0. The Hall–Kier alpha value is -0.790. The topological polar surface area (TPSA) is 26.3 Å². The molecule has 19 heavy (non-hydrogen) atoms. The first-order valence-electron chi connectivity index (χ1n) is 8.08. The smallest absolute Gasteiger partial charge is 0.302 e. The maximum Gasteiger partial charge on any atom is 0.302 e. The van der Waals surface area contributed by atoms with Crippen LogP contribution in [0.2, 0.25) is 0 Å². The van der Waals surface area contributed by atoms with Crippen LogP contribution in [0.3, 0.4) is 0 Å². The highest BCUT2D eigenvalue weighted by Crippen LogP contribution is 2.65. The molecule has 0 aromatic rings. The van der Waals surface area contributed by atoms with Gasteiger partial charge in [0.1, 0.15) is 6.10 Å². The van der Waals surface area contributed by atoms with Crippen molar-refractivity contribution in [3.05, 3.63) is 12.2 Å². The molecular formula is C17H24O2. The molecule has 0 aromatic carbocycles. The van der Waals surface area contributed by atoms with Crippen LogP contribution in [0.15, 0.2) is 12.2 Å². The van der Waals surface area contributed by atoms with Gasteiger partial charge in [-0.2, -0.15) is 0 Å². The van der Waals surface area contributed by atoms with E-state index in [0.717, 1.165) is 36.0 Å². The van der Waals surface area contributed by atoms with Crippen molar-refractivity contribution in [1.82, 2.24) is 0 Å². The van der Waals surface area contributed by atoms with Crippen LogP contribution in [0, 0.1) is 35.5 Å². The lowest BCUT2D eigenvalue weighted by atomic mass is 9.67. The highest BCUT2D eigenvalue weighted by molar-refractivity contribution is 5.66. The fourth-order valence-corrected chi connectivity index (χ4v) is 6.15. The summed E-state index contributed by atoms with van der Waals surface area (Å²) in [4.78, 5) is 11.4. The molecule has 0 unspecified atom stereocenters. The molecule has 3 saturated carbocycles. The van der Waals surface area contributed by atoms with E-state index in [-0.39, 0.29) is 12.1 Å². The number of rotatable bonds is 1. The highest BCUT2D eigenvalue weighted by atomic mass is 16.5. The van der Waals surface area contributed by atoms with Gasteiger partial charge in [0.05, 0.1) is 0 Å². The molecule has 0 aliphatic heterocycles. The number of fused-ring (bicyclic) bond motifs is 8. The van der Waals surface area contributed by atoms with Crippen molar-refractivity contribution in [3.8, 4) is 0 Å². The Kier molecular flexibility index (Phi) is 2.75. The van der Waals surface area contributed by atoms with Crippen molar-refractivity contribution in [2.24, 2.45) is 35.5 Å². The molecule has 3 fully saturated rings. The van der Waals surface area contributed by atoms with Crippen LogP contribution in [0.25, 0.3) is 0 Å². The Morgan fingerprint density at radius 3 is 2.53 bits per heavy atom. The van der Waals surface area contributed by atoms with Crippen molar-refractivity contribution in [1.29, 1.82) is 0 Å². The van der Waals surface area contributed by atoms with Crippen LogP contribution >= 0.6 is 0 Å². The molecule has 7 atom stereocenters. The number of ether oxygens (including phenoxy) is 1. The third-order valence-corrected chi connectivity index (χ3v) is 6.50. The molecule has 4 aliphatic carbocycles. The first-order valence-corrected chi connectivity index (χ1v) is 8.08. The Morgan fingerprint density at radius 2 is 1.74 bits per heavy atom. The van der Waals surface area contributed by atoms with Gasteiger partial charge in [-0.05, 0) is 55.3 Å². The van der Waals surface area contributed by atoms with E-state index in [4.69, 9.17) is 4.74 Å². The van der Waals surface area contributed by atoms with E-state index >= 15 is 0 Å². The average molecular weight is 260 g/mol. The lowest BCUT2D eigenvalue weighted by Crippen LogP contribution is -2.40. The standard InChI is InChI=1S/C17H24O2/c1-10(18)19-16-8-3-2-5-13-14-9-15(17(13)16)12-7-4-6-11(12)14/h2-3,11-17H,4-9H2,1H3/t11-,12+,13+,14+,15-,16+,17+/m1/s1. The number of esters is 1. The quantitative estimate of drug-likeness (QED) is 0.532. The molecule has 104 valence electrons. The summed E-state index contributed by atoms with van der Waals surface area (Å²) in [7, 11) is 0. The van der Waals surface area contributed by atoms with E-state index in [2.05, 4.69) is 12.2 Å². The predicted octanol–water partition coefficient (Wildman–Crippen LogP) is 3.57. The molecule has 0 saturated heterocycles. The van der Waals surface area contributed by atoms with Gasteiger partial charge in [0, 0.05) is 19.3 Å². The lowest BCUT2D eigenvalue weighted by Gasteiger charge is -2.40. The molecule has 4 aliphatic rings. The summed E-state index contributed by atoms with van der Waals surface area (Å²) in [6.07, 6.45) is 12.7. The number of allylic oxidation sites excluding steroid dienone is 1. The largest absolute Gasteiger partial charge is 0.462 e. The fourth-order valence-electron chi connectivity index (χ4n) is 6.15. The van der Waals surface area contributed by atoms with E-state index in [1.54, 1.807) is 6.92 Å². The van der Waals surface area contributed by atoms with Gasteiger partial charge in [0.15, 0.2) is 0 Å². The summed E-state index contributed by atoms with van der Waals surface area (Å²) in [5.74, 6) is 5.12. The highest BCUT2D eigenvalue weighted by Gasteiger charge is 2.60. The van der Waals surface area contributed by atoms with Crippen LogP contribution in [0.5, 0.6) is 0 Å². The maximum atomic E-state index is 11.4. The molecule has 0 aromatic heterocycles. The van der Waals surface area contributed by atoms with Crippen LogP contribution in [0.4, 0.5) is 0 Å². The Balaban J connectivity index is 1.63. The molecule has 0 N–H and O–H groups in total. The van der Waals surface area contributed by atoms with Gasteiger partial charge < -0.3 is 4.74 Å². The van der Waals surface area contributed by atoms with Gasteiger partial charge in [0.25, 0.3) is 0 Å². The minimum absolute atomic E-state index is 0.0928. The Morgan fingerprint density at radius 1 is 1.00 bits per heavy atom. The number of carbonyl (C=O) groups excluding carboxylic acids is 1. The van der Waals surface area contributed by atoms with E-state index in [9.17, 15) is 4.79 Å². The molecule has 0 amide bonds. The Labute approximate surface area is 115 Å². The monoisotopic (exact) mass is 260 g/mol. The van der Waals surface area contributed by atoms with E-state index < -0.39 is 0 Å². The minimum atomic E-state index is -0.0928. The van der Waals surface area contributed by atoms with Crippen molar-refractivity contribution in [2.45, 2.75) is 51.6 Å². The second kappa shape index (κ2) is 4.36. The van der Waals surface area contributed by atoms with Crippen molar-refractivity contribution in [2.75, 3.05) is 0 Å². The van der Waals surface area contributed by atoms with Gasteiger partial charge in [-0.25, -0.2) is 0 Å². The number of hydrogen-bond acceptors (Lipinski definition) is 2. The Bertz CT molecular complexity index is 413. The molecular weight excluding hydrogens is 236 g/mol. The van der Waals surface area contributed by atoms with Gasteiger partial charge in [0.2, 0.25) is 0 Å². The molecule has 0 spiro atoms. The van der Waals surface area contributed by atoms with Crippen molar-refractivity contribution in [3.63, 3.8) is 0 Å². The van der Waals surface area contributed by atoms with Crippen molar-refractivity contribution >= 4 is 5.97 Å². The zero-order valence-electron chi connectivity index (χ0n) is 11.8. The SMILES string of the molecule is CC(=O)O[C@H]1CC=CC[C@H]2[C@H]3C[C@H]([C@H]4CCC[C@H]43)[C@H]21. The summed E-state index contributed by atoms with van der Waals surface area (Å²) in [6, 6.07) is 0.